The minimum absolute atomic E-state index is 0.0432. The average Bonchev–Trinajstić information content (AvgIpc) is 2.92. The van der Waals surface area contributed by atoms with Gasteiger partial charge in [0.15, 0.2) is 0 Å². The van der Waals surface area contributed by atoms with E-state index < -0.39 is 28.5 Å². The fourth-order valence-corrected chi connectivity index (χ4v) is 5.81. The molecule has 0 aliphatic rings. The van der Waals surface area contributed by atoms with E-state index in [4.69, 9.17) is 23.2 Å². The highest BCUT2D eigenvalue weighted by molar-refractivity contribution is 7.92. The van der Waals surface area contributed by atoms with Crippen LogP contribution >= 0.6 is 23.2 Å². The number of nitrogens with zero attached hydrogens (tertiary/aromatic N) is 2. The molecule has 208 valence electrons. The van der Waals surface area contributed by atoms with Gasteiger partial charge < -0.3 is 10.2 Å². The maximum atomic E-state index is 14.0. The fraction of sp³-hybridized carbons (Fsp3) is 0.310. The molecule has 0 spiro atoms. The van der Waals surface area contributed by atoms with Gasteiger partial charge in [0.1, 0.15) is 12.6 Å². The Labute approximate surface area is 240 Å². The zero-order valence-electron chi connectivity index (χ0n) is 22.4. The van der Waals surface area contributed by atoms with Crippen molar-refractivity contribution in [3.63, 3.8) is 0 Å². The Morgan fingerprint density at radius 2 is 1.49 bits per heavy atom. The molecule has 0 heterocycles. The van der Waals surface area contributed by atoms with Crippen LogP contribution in [-0.4, -0.2) is 43.8 Å². The molecule has 0 radical (unpaired) electrons. The first kappa shape index (κ1) is 30.5. The van der Waals surface area contributed by atoms with E-state index in [1.165, 1.54) is 17.0 Å². The Morgan fingerprint density at radius 3 is 2.05 bits per heavy atom. The summed E-state index contributed by atoms with van der Waals surface area (Å²) >= 11 is 12.8. The molecule has 2 atom stereocenters. The van der Waals surface area contributed by atoms with Gasteiger partial charge in [0, 0.05) is 28.2 Å². The van der Waals surface area contributed by atoms with E-state index in [9.17, 15) is 18.0 Å². The number of anilines is 1. The third-order valence-electron chi connectivity index (χ3n) is 6.49. The van der Waals surface area contributed by atoms with E-state index in [1.54, 1.807) is 67.6 Å². The summed E-state index contributed by atoms with van der Waals surface area (Å²) in [6, 6.07) is 18.7. The van der Waals surface area contributed by atoms with Crippen LogP contribution in [0, 0.1) is 6.92 Å². The Bertz CT molecular complexity index is 1380. The summed E-state index contributed by atoms with van der Waals surface area (Å²) in [5, 5.41) is 3.57. The molecule has 1 N–H and O–H groups in total. The summed E-state index contributed by atoms with van der Waals surface area (Å²) < 4.78 is 28.6. The molecular weight excluding hydrogens is 557 g/mol. The SMILES string of the molecule is CC[C@@H](C)NC(=O)[C@H](C)N(Cc1c(Cl)cccc1Cl)C(=O)CN(c1ccc(C)cc1)S(=O)(=O)c1ccccc1. The van der Waals surface area contributed by atoms with Gasteiger partial charge in [0.2, 0.25) is 11.8 Å². The first-order valence-electron chi connectivity index (χ1n) is 12.6. The van der Waals surface area contributed by atoms with Crippen molar-refractivity contribution >= 4 is 50.7 Å². The van der Waals surface area contributed by atoms with Crippen LogP contribution in [-0.2, 0) is 26.2 Å². The van der Waals surface area contributed by atoms with Crippen molar-refractivity contribution in [2.45, 2.75) is 57.6 Å². The molecule has 0 saturated carbocycles. The second-order valence-corrected chi connectivity index (χ2v) is 12.1. The Morgan fingerprint density at radius 1 is 0.897 bits per heavy atom. The summed E-state index contributed by atoms with van der Waals surface area (Å²) in [6.45, 7) is 6.67. The van der Waals surface area contributed by atoms with Crippen molar-refractivity contribution in [2.75, 3.05) is 10.8 Å². The molecule has 10 heteroatoms. The third kappa shape index (κ3) is 7.53. The summed E-state index contributed by atoms with van der Waals surface area (Å²) in [4.78, 5) is 28.4. The molecular formula is C29H33Cl2N3O4S. The molecule has 3 rings (SSSR count). The summed E-state index contributed by atoms with van der Waals surface area (Å²) in [5.74, 6) is -0.952. The molecule has 0 saturated heterocycles. The first-order valence-corrected chi connectivity index (χ1v) is 14.8. The number of carbonyl (C=O) groups excluding carboxylic acids is 2. The summed E-state index contributed by atoms with van der Waals surface area (Å²) in [7, 11) is -4.12. The fourth-order valence-electron chi connectivity index (χ4n) is 3.86. The number of aryl methyl sites for hydroxylation is 1. The summed E-state index contributed by atoms with van der Waals surface area (Å²) in [6.07, 6.45) is 0.708. The second-order valence-electron chi connectivity index (χ2n) is 9.38. The van der Waals surface area contributed by atoms with E-state index in [-0.39, 0.29) is 23.4 Å². The lowest BCUT2D eigenvalue weighted by molar-refractivity contribution is -0.139. The molecule has 2 amide bonds. The van der Waals surface area contributed by atoms with Gasteiger partial charge in [-0.1, -0.05) is 72.1 Å². The Kier molecular flexibility index (Phi) is 10.4. The van der Waals surface area contributed by atoms with Gasteiger partial charge in [0.25, 0.3) is 10.0 Å². The number of hydrogen-bond acceptors (Lipinski definition) is 4. The Balaban J connectivity index is 2.05. The van der Waals surface area contributed by atoms with Gasteiger partial charge in [-0.15, -0.1) is 0 Å². The number of nitrogens with one attached hydrogen (secondary N) is 1. The van der Waals surface area contributed by atoms with Crippen molar-refractivity contribution in [1.82, 2.24) is 10.2 Å². The number of hydrogen-bond donors (Lipinski definition) is 1. The highest BCUT2D eigenvalue weighted by atomic mass is 35.5. The normalized spacial score (nSPS) is 12.9. The van der Waals surface area contributed by atoms with Gasteiger partial charge >= 0.3 is 0 Å². The van der Waals surface area contributed by atoms with E-state index in [0.717, 1.165) is 9.87 Å². The van der Waals surface area contributed by atoms with E-state index in [2.05, 4.69) is 5.32 Å². The van der Waals surface area contributed by atoms with Crippen LogP contribution in [0.4, 0.5) is 5.69 Å². The Hall–Kier alpha value is -3.07. The molecule has 39 heavy (non-hydrogen) atoms. The van der Waals surface area contributed by atoms with Crippen molar-refractivity contribution in [1.29, 1.82) is 0 Å². The maximum absolute atomic E-state index is 14.0. The van der Waals surface area contributed by atoms with Crippen LogP contribution in [0.25, 0.3) is 0 Å². The van der Waals surface area contributed by atoms with Crippen LogP contribution in [0.5, 0.6) is 0 Å². The lowest BCUT2D eigenvalue weighted by Gasteiger charge is -2.32. The van der Waals surface area contributed by atoms with Crippen LogP contribution in [0.2, 0.25) is 10.0 Å². The van der Waals surface area contributed by atoms with E-state index >= 15 is 0 Å². The number of benzene rings is 3. The van der Waals surface area contributed by atoms with Crippen molar-refractivity contribution in [2.24, 2.45) is 0 Å². The molecule has 0 aromatic heterocycles. The maximum Gasteiger partial charge on any atom is 0.264 e. The minimum Gasteiger partial charge on any atom is -0.352 e. The van der Waals surface area contributed by atoms with Crippen molar-refractivity contribution in [3.05, 3.63) is 94.0 Å². The highest BCUT2D eigenvalue weighted by Crippen LogP contribution is 2.28. The molecule has 3 aromatic carbocycles. The predicted molar refractivity (Wildman–Crippen MR) is 157 cm³/mol. The van der Waals surface area contributed by atoms with Gasteiger partial charge in [-0.05, 0) is 63.6 Å². The van der Waals surface area contributed by atoms with Gasteiger partial charge in [0.05, 0.1) is 10.6 Å². The smallest absolute Gasteiger partial charge is 0.264 e. The standard InChI is InChI=1S/C29H33Cl2N3O4S/c1-5-21(3)32-29(36)22(4)33(18-25-26(30)12-9-13-27(25)31)28(35)19-34(23-16-14-20(2)15-17-23)39(37,38)24-10-7-6-8-11-24/h6-17,21-22H,5,18-19H2,1-4H3,(H,32,36)/t21-,22+/m1/s1. The van der Waals surface area contributed by atoms with E-state index in [0.29, 0.717) is 27.7 Å². The molecule has 0 bridgehead atoms. The molecule has 7 nitrogen and oxygen atoms in total. The quantitative estimate of drug-likeness (QED) is 0.305. The third-order valence-corrected chi connectivity index (χ3v) is 8.99. The average molecular weight is 591 g/mol. The number of amides is 2. The van der Waals surface area contributed by atoms with Crippen LogP contribution < -0.4 is 9.62 Å². The number of carbonyl (C=O) groups is 2. The topological polar surface area (TPSA) is 86.8 Å². The monoisotopic (exact) mass is 589 g/mol. The molecule has 0 unspecified atom stereocenters. The highest BCUT2D eigenvalue weighted by Gasteiger charge is 2.33. The minimum atomic E-state index is -4.12. The zero-order chi connectivity index (χ0) is 28.7. The second kappa shape index (κ2) is 13.3. The lowest BCUT2D eigenvalue weighted by atomic mass is 10.1. The zero-order valence-corrected chi connectivity index (χ0v) is 24.7. The first-order chi connectivity index (χ1) is 18.4. The van der Waals surface area contributed by atoms with Crippen molar-refractivity contribution in [3.8, 4) is 0 Å². The summed E-state index contributed by atoms with van der Waals surface area (Å²) in [5.41, 5.74) is 1.72. The number of halogens is 2. The van der Waals surface area contributed by atoms with Crippen LogP contribution in [0.3, 0.4) is 0 Å². The largest absolute Gasteiger partial charge is 0.352 e. The van der Waals surface area contributed by atoms with Crippen molar-refractivity contribution < 1.29 is 18.0 Å². The number of sulfonamides is 1. The predicted octanol–water partition coefficient (Wildman–Crippen LogP) is 5.83. The molecule has 0 aliphatic heterocycles. The molecule has 0 aliphatic carbocycles. The van der Waals surface area contributed by atoms with E-state index in [1.807, 2.05) is 20.8 Å². The number of rotatable bonds is 11. The van der Waals surface area contributed by atoms with Gasteiger partial charge in [-0.2, -0.15) is 0 Å². The van der Waals surface area contributed by atoms with Crippen LogP contribution in [0.15, 0.2) is 77.7 Å². The van der Waals surface area contributed by atoms with Crippen LogP contribution in [0.1, 0.15) is 38.3 Å². The molecule has 3 aromatic rings. The lowest BCUT2D eigenvalue weighted by Crippen LogP contribution is -2.52. The molecule has 0 fully saturated rings. The van der Waals surface area contributed by atoms with Gasteiger partial charge in [-0.25, -0.2) is 8.42 Å². The van der Waals surface area contributed by atoms with Gasteiger partial charge in [-0.3, -0.25) is 13.9 Å².